The van der Waals surface area contributed by atoms with Crippen LogP contribution in [0.4, 0.5) is 0 Å². The van der Waals surface area contributed by atoms with E-state index < -0.39 is 0 Å². The van der Waals surface area contributed by atoms with Crippen LogP contribution < -0.4 is 0 Å². The molecule has 1 heterocycles. The maximum atomic E-state index is 10.7. The van der Waals surface area contributed by atoms with Crippen molar-refractivity contribution >= 4 is 22.2 Å². The van der Waals surface area contributed by atoms with Gasteiger partial charge in [0.15, 0.2) is 0 Å². The summed E-state index contributed by atoms with van der Waals surface area (Å²) in [5, 5.41) is 8.08. The average Bonchev–Trinajstić information content (AvgIpc) is 2.97. The lowest BCUT2D eigenvalue weighted by Crippen LogP contribution is -1.99. The summed E-state index contributed by atoms with van der Waals surface area (Å²) in [4.78, 5) is 10.7. The van der Waals surface area contributed by atoms with Crippen molar-refractivity contribution in [3.63, 3.8) is 0 Å². The van der Waals surface area contributed by atoms with Crippen LogP contribution >= 0.6 is 15.9 Å². The fraction of sp³-hybridized carbons (Fsp3) is 0. The minimum atomic E-state index is 0.638. The molecule has 4 nitrogen and oxygen atoms in total. The van der Waals surface area contributed by atoms with Crippen LogP contribution in [0, 0.1) is 0 Å². The number of carbonyl (C=O) groups is 1. The first-order valence-electron chi connectivity index (χ1n) is 6.00. The van der Waals surface area contributed by atoms with Gasteiger partial charge in [-0.15, -0.1) is 5.10 Å². The van der Waals surface area contributed by atoms with Crippen molar-refractivity contribution in [1.29, 1.82) is 0 Å². The number of aromatic nitrogens is 3. The first-order valence-corrected chi connectivity index (χ1v) is 6.79. The van der Waals surface area contributed by atoms with Crippen LogP contribution in [0.25, 0.3) is 16.9 Å². The van der Waals surface area contributed by atoms with Gasteiger partial charge in [-0.2, -0.15) is 0 Å². The second-order valence-corrected chi connectivity index (χ2v) is 5.16. The van der Waals surface area contributed by atoms with Crippen LogP contribution in [0.2, 0.25) is 0 Å². The molecule has 98 valence electrons. The standard InChI is InChI=1S/C15H10BrN3O/c16-13-5-3-12(4-6-13)15-9-17-18-19(15)14-7-1-11(10-20)2-8-14/h1-10H. The zero-order valence-corrected chi connectivity index (χ0v) is 12.0. The van der Waals surface area contributed by atoms with E-state index in [9.17, 15) is 4.79 Å². The molecule has 0 saturated carbocycles. The van der Waals surface area contributed by atoms with E-state index in [0.717, 1.165) is 27.7 Å². The highest BCUT2D eigenvalue weighted by Crippen LogP contribution is 2.23. The van der Waals surface area contributed by atoms with Gasteiger partial charge in [0.2, 0.25) is 0 Å². The summed E-state index contributed by atoms with van der Waals surface area (Å²) < 4.78 is 2.77. The Morgan fingerprint density at radius 2 is 1.70 bits per heavy atom. The summed E-state index contributed by atoms with van der Waals surface area (Å²) in [5.41, 5.74) is 3.43. The second kappa shape index (κ2) is 5.38. The zero-order chi connectivity index (χ0) is 13.9. The van der Waals surface area contributed by atoms with E-state index in [1.165, 1.54) is 0 Å². The number of rotatable bonds is 3. The summed E-state index contributed by atoms with van der Waals surface area (Å²) in [7, 11) is 0. The van der Waals surface area contributed by atoms with Crippen molar-refractivity contribution in [2.75, 3.05) is 0 Å². The Hall–Kier alpha value is -2.27. The number of halogens is 1. The van der Waals surface area contributed by atoms with E-state index >= 15 is 0 Å². The van der Waals surface area contributed by atoms with Crippen LogP contribution in [-0.2, 0) is 0 Å². The molecule has 0 radical (unpaired) electrons. The van der Waals surface area contributed by atoms with E-state index in [0.29, 0.717) is 5.56 Å². The minimum absolute atomic E-state index is 0.638. The molecule has 20 heavy (non-hydrogen) atoms. The molecule has 0 fully saturated rings. The Bertz CT molecular complexity index is 733. The van der Waals surface area contributed by atoms with Crippen molar-refractivity contribution in [3.8, 4) is 16.9 Å². The fourth-order valence-electron chi connectivity index (χ4n) is 1.94. The van der Waals surface area contributed by atoms with Crippen LogP contribution in [0.15, 0.2) is 59.2 Å². The van der Waals surface area contributed by atoms with E-state index in [1.807, 2.05) is 36.4 Å². The second-order valence-electron chi connectivity index (χ2n) is 4.25. The third-order valence-electron chi connectivity index (χ3n) is 2.96. The van der Waals surface area contributed by atoms with Gasteiger partial charge in [0.1, 0.15) is 6.29 Å². The molecule has 3 aromatic rings. The maximum absolute atomic E-state index is 10.7. The molecule has 3 rings (SSSR count). The van der Waals surface area contributed by atoms with Crippen LogP contribution in [-0.4, -0.2) is 21.3 Å². The van der Waals surface area contributed by atoms with Gasteiger partial charge in [-0.25, -0.2) is 4.68 Å². The van der Waals surface area contributed by atoms with Crippen molar-refractivity contribution in [3.05, 3.63) is 64.8 Å². The lowest BCUT2D eigenvalue weighted by molar-refractivity contribution is 0.112. The predicted octanol–water partition coefficient (Wildman–Crippen LogP) is 3.51. The van der Waals surface area contributed by atoms with E-state index in [-0.39, 0.29) is 0 Å². The van der Waals surface area contributed by atoms with Gasteiger partial charge in [-0.1, -0.05) is 33.3 Å². The molecule has 5 heteroatoms. The van der Waals surface area contributed by atoms with E-state index in [2.05, 4.69) is 26.2 Å². The van der Waals surface area contributed by atoms with Gasteiger partial charge < -0.3 is 0 Å². The van der Waals surface area contributed by atoms with Gasteiger partial charge in [-0.05, 0) is 36.4 Å². The number of hydrogen-bond donors (Lipinski definition) is 0. The molecule has 0 aliphatic rings. The summed E-state index contributed by atoms with van der Waals surface area (Å²) in [6.07, 6.45) is 2.54. The van der Waals surface area contributed by atoms with Gasteiger partial charge in [0.25, 0.3) is 0 Å². The average molecular weight is 328 g/mol. The summed E-state index contributed by atoms with van der Waals surface area (Å²) >= 11 is 3.42. The summed E-state index contributed by atoms with van der Waals surface area (Å²) in [5.74, 6) is 0. The van der Waals surface area contributed by atoms with Crippen molar-refractivity contribution in [2.45, 2.75) is 0 Å². The molecule has 1 aromatic heterocycles. The lowest BCUT2D eigenvalue weighted by atomic mass is 10.1. The van der Waals surface area contributed by atoms with Gasteiger partial charge in [0, 0.05) is 15.6 Å². The largest absolute Gasteiger partial charge is 0.298 e. The third-order valence-corrected chi connectivity index (χ3v) is 3.49. The molecule has 0 bridgehead atoms. The van der Waals surface area contributed by atoms with Gasteiger partial charge in [-0.3, -0.25) is 4.79 Å². The molecular weight excluding hydrogens is 318 g/mol. The number of hydrogen-bond acceptors (Lipinski definition) is 3. The van der Waals surface area contributed by atoms with Crippen LogP contribution in [0.3, 0.4) is 0 Å². The molecular formula is C15H10BrN3O. The van der Waals surface area contributed by atoms with Crippen molar-refractivity contribution in [1.82, 2.24) is 15.0 Å². The number of benzene rings is 2. The van der Waals surface area contributed by atoms with E-state index in [1.54, 1.807) is 23.0 Å². The quantitative estimate of drug-likeness (QED) is 0.691. The molecule has 0 saturated heterocycles. The van der Waals surface area contributed by atoms with Gasteiger partial charge >= 0.3 is 0 Å². The Labute approximate surface area is 124 Å². The first kappa shape index (κ1) is 12.7. The third kappa shape index (κ3) is 2.40. The molecule has 0 spiro atoms. The fourth-order valence-corrected chi connectivity index (χ4v) is 2.20. The van der Waals surface area contributed by atoms with Crippen molar-refractivity contribution in [2.24, 2.45) is 0 Å². The highest BCUT2D eigenvalue weighted by Gasteiger charge is 2.08. The molecule has 0 atom stereocenters. The molecule has 2 aromatic carbocycles. The lowest BCUT2D eigenvalue weighted by Gasteiger charge is -2.06. The number of nitrogens with zero attached hydrogens (tertiary/aromatic N) is 3. The molecule has 0 aliphatic heterocycles. The van der Waals surface area contributed by atoms with Gasteiger partial charge in [0.05, 0.1) is 17.6 Å². The Morgan fingerprint density at radius 1 is 1.00 bits per heavy atom. The zero-order valence-electron chi connectivity index (χ0n) is 10.4. The highest BCUT2D eigenvalue weighted by atomic mass is 79.9. The summed E-state index contributed by atoms with van der Waals surface area (Å²) in [6, 6.07) is 15.2. The van der Waals surface area contributed by atoms with Crippen molar-refractivity contribution < 1.29 is 4.79 Å². The maximum Gasteiger partial charge on any atom is 0.150 e. The monoisotopic (exact) mass is 327 g/mol. The molecule has 0 aliphatic carbocycles. The molecule has 0 unspecified atom stereocenters. The van der Waals surface area contributed by atoms with E-state index in [4.69, 9.17) is 0 Å². The highest BCUT2D eigenvalue weighted by molar-refractivity contribution is 9.10. The number of aldehydes is 1. The predicted molar refractivity (Wildman–Crippen MR) is 79.9 cm³/mol. The minimum Gasteiger partial charge on any atom is -0.298 e. The first-order chi connectivity index (χ1) is 9.78. The summed E-state index contributed by atoms with van der Waals surface area (Å²) in [6.45, 7) is 0. The molecule has 0 N–H and O–H groups in total. The Kier molecular flexibility index (Phi) is 3.43. The molecule has 0 amide bonds. The topological polar surface area (TPSA) is 47.8 Å². The Balaban J connectivity index is 2.04. The Morgan fingerprint density at radius 3 is 2.35 bits per heavy atom. The number of carbonyl (C=O) groups excluding carboxylic acids is 1. The van der Waals surface area contributed by atoms with Crippen LogP contribution in [0.5, 0.6) is 0 Å². The smallest absolute Gasteiger partial charge is 0.150 e. The SMILES string of the molecule is O=Cc1ccc(-n2nncc2-c2ccc(Br)cc2)cc1. The normalized spacial score (nSPS) is 10.4. The van der Waals surface area contributed by atoms with Crippen LogP contribution in [0.1, 0.15) is 10.4 Å².